The molecule has 1 heterocycles. The second kappa shape index (κ2) is 4.95. The lowest BCUT2D eigenvalue weighted by Gasteiger charge is -2.11. The molecule has 3 rings (SSSR count). The molecule has 2 heteroatoms. The lowest BCUT2D eigenvalue weighted by Crippen LogP contribution is -2.04. The van der Waals surface area contributed by atoms with Gasteiger partial charge >= 0.3 is 0 Å². The highest BCUT2D eigenvalue weighted by Gasteiger charge is 2.13. The second-order valence-corrected chi connectivity index (χ2v) is 5.89. The van der Waals surface area contributed by atoms with Crippen molar-refractivity contribution in [3.63, 3.8) is 0 Å². The summed E-state index contributed by atoms with van der Waals surface area (Å²) < 4.78 is 2.39. The fraction of sp³-hybridized carbons (Fsp3) is 0.333. The molecule has 2 aromatic carbocycles. The van der Waals surface area contributed by atoms with Crippen LogP contribution in [-0.4, -0.2) is 15.8 Å². The standard InChI is InChI=1S/C18H21NO/c1-12(2)19-17-7-5-4-6-15(17)16-11-14(10-13(3)20)8-9-18(16)19/h4-9,11-13,20H,10H2,1-3H3. The third-order valence-corrected chi connectivity index (χ3v) is 3.82. The molecule has 1 atom stereocenters. The molecule has 0 aliphatic heterocycles. The first kappa shape index (κ1) is 13.2. The number of nitrogens with zero attached hydrogens (tertiary/aromatic N) is 1. The topological polar surface area (TPSA) is 25.2 Å². The largest absolute Gasteiger partial charge is 0.393 e. The van der Waals surface area contributed by atoms with E-state index in [1.165, 1.54) is 27.4 Å². The van der Waals surface area contributed by atoms with E-state index in [0.717, 1.165) is 0 Å². The summed E-state index contributed by atoms with van der Waals surface area (Å²) in [5, 5.41) is 12.2. The van der Waals surface area contributed by atoms with Gasteiger partial charge in [0.2, 0.25) is 0 Å². The van der Waals surface area contributed by atoms with Gasteiger partial charge in [0.05, 0.1) is 6.10 Å². The fourth-order valence-corrected chi connectivity index (χ4v) is 3.07. The minimum absolute atomic E-state index is 0.300. The number of hydrogen-bond donors (Lipinski definition) is 1. The predicted octanol–water partition coefficient (Wildman–Crippen LogP) is 4.30. The van der Waals surface area contributed by atoms with Crippen LogP contribution in [0.5, 0.6) is 0 Å². The summed E-state index contributed by atoms with van der Waals surface area (Å²) in [6.45, 7) is 6.27. The van der Waals surface area contributed by atoms with Gasteiger partial charge in [0.15, 0.2) is 0 Å². The number of benzene rings is 2. The van der Waals surface area contributed by atoms with Crippen molar-refractivity contribution in [2.45, 2.75) is 39.3 Å². The lowest BCUT2D eigenvalue weighted by molar-refractivity contribution is 0.195. The molecule has 0 saturated heterocycles. The number of aromatic nitrogens is 1. The second-order valence-electron chi connectivity index (χ2n) is 5.89. The number of hydrogen-bond acceptors (Lipinski definition) is 1. The van der Waals surface area contributed by atoms with E-state index in [2.05, 4.69) is 60.9 Å². The summed E-state index contributed by atoms with van der Waals surface area (Å²) in [6.07, 6.45) is 0.405. The maximum atomic E-state index is 9.58. The molecule has 0 bridgehead atoms. The fourth-order valence-electron chi connectivity index (χ4n) is 3.07. The van der Waals surface area contributed by atoms with E-state index in [4.69, 9.17) is 0 Å². The van der Waals surface area contributed by atoms with E-state index in [9.17, 15) is 5.11 Å². The smallest absolute Gasteiger partial charge is 0.0552 e. The summed E-state index contributed by atoms with van der Waals surface area (Å²) in [6, 6.07) is 15.5. The van der Waals surface area contributed by atoms with Crippen molar-refractivity contribution in [1.82, 2.24) is 4.57 Å². The highest BCUT2D eigenvalue weighted by atomic mass is 16.3. The van der Waals surface area contributed by atoms with Crippen LogP contribution in [0.3, 0.4) is 0 Å². The summed E-state index contributed by atoms with van der Waals surface area (Å²) in [4.78, 5) is 0. The third kappa shape index (κ3) is 2.10. The monoisotopic (exact) mass is 267 g/mol. The van der Waals surface area contributed by atoms with Crippen LogP contribution in [0.15, 0.2) is 42.5 Å². The molecule has 0 saturated carbocycles. The van der Waals surface area contributed by atoms with Crippen LogP contribution in [-0.2, 0) is 6.42 Å². The van der Waals surface area contributed by atoms with Crippen LogP contribution in [0.2, 0.25) is 0 Å². The Kier molecular flexibility index (Phi) is 3.27. The van der Waals surface area contributed by atoms with Gasteiger partial charge in [-0.3, -0.25) is 0 Å². The molecule has 104 valence electrons. The van der Waals surface area contributed by atoms with Gasteiger partial charge in [-0.15, -0.1) is 0 Å². The zero-order valence-electron chi connectivity index (χ0n) is 12.3. The molecule has 0 spiro atoms. The van der Waals surface area contributed by atoms with E-state index in [1.807, 2.05) is 6.92 Å². The minimum atomic E-state index is -0.300. The zero-order chi connectivity index (χ0) is 14.3. The summed E-state index contributed by atoms with van der Waals surface area (Å²) in [5.74, 6) is 0. The average Bonchev–Trinajstić information content (AvgIpc) is 2.72. The van der Waals surface area contributed by atoms with Gasteiger partial charge < -0.3 is 9.67 Å². The molecule has 0 aliphatic carbocycles. The molecule has 1 aromatic heterocycles. The Morgan fingerprint density at radius 2 is 1.65 bits per heavy atom. The summed E-state index contributed by atoms with van der Waals surface area (Å²) in [5.41, 5.74) is 3.75. The highest BCUT2D eigenvalue weighted by Crippen LogP contribution is 2.32. The molecule has 3 aromatic rings. The molecule has 0 fully saturated rings. The van der Waals surface area contributed by atoms with E-state index in [0.29, 0.717) is 12.5 Å². The van der Waals surface area contributed by atoms with Gasteiger partial charge in [-0.1, -0.05) is 24.3 Å². The third-order valence-electron chi connectivity index (χ3n) is 3.82. The van der Waals surface area contributed by atoms with Crippen molar-refractivity contribution < 1.29 is 5.11 Å². The molecular weight excluding hydrogens is 246 g/mol. The first-order valence-corrected chi connectivity index (χ1v) is 7.27. The SMILES string of the molecule is CC(O)Cc1ccc2c(c1)c1ccccc1n2C(C)C. The van der Waals surface area contributed by atoms with Crippen LogP contribution < -0.4 is 0 Å². The van der Waals surface area contributed by atoms with Crippen molar-refractivity contribution in [2.75, 3.05) is 0 Å². The zero-order valence-corrected chi connectivity index (χ0v) is 12.3. The van der Waals surface area contributed by atoms with Gasteiger partial charge in [0, 0.05) is 27.8 Å². The van der Waals surface area contributed by atoms with Gasteiger partial charge in [0.1, 0.15) is 0 Å². The first-order chi connectivity index (χ1) is 9.58. The highest BCUT2D eigenvalue weighted by molar-refractivity contribution is 6.08. The summed E-state index contributed by atoms with van der Waals surface area (Å²) >= 11 is 0. The number of para-hydroxylation sites is 1. The van der Waals surface area contributed by atoms with Crippen LogP contribution in [0.1, 0.15) is 32.4 Å². The number of rotatable bonds is 3. The molecular formula is C18H21NO. The average molecular weight is 267 g/mol. The molecule has 20 heavy (non-hydrogen) atoms. The van der Waals surface area contributed by atoms with E-state index < -0.39 is 0 Å². The maximum absolute atomic E-state index is 9.58. The van der Waals surface area contributed by atoms with Crippen LogP contribution in [0.25, 0.3) is 21.8 Å². The van der Waals surface area contributed by atoms with Crippen LogP contribution in [0.4, 0.5) is 0 Å². The molecule has 0 radical (unpaired) electrons. The van der Waals surface area contributed by atoms with E-state index >= 15 is 0 Å². The maximum Gasteiger partial charge on any atom is 0.0552 e. The Bertz CT molecular complexity index is 753. The van der Waals surface area contributed by atoms with Gasteiger partial charge in [0.25, 0.3) is 0 Å². The number of aliphatic hydroxyl groups excluding tert-OH is 1. The van der Waals surface area contributed by atoms with Gasteiger partial charge in [-0.2, -0.15) is 0 Å². The van der Waals surface area contributed by atoms with E-state index in [-0.39, 0.29) is 6.10 Å². The number of fused-ring (bicyclic) bond motifs is 3. The van der Waals surface area contributed by atoms with Crippen molar-refractivity contribution in [2.24, 2.45) is 0 Å². The van der Waals surface area contributed by atoms with Crippen LogP contribution in [0, 0.1) is 0 Å². The Morgan fingerprint density at radius 1 is 0.950 bits per heavy atom. The van der Waals surface area contributed by atoms with Crippen molar-refractivity contribution >= 4 is 21.8 Å². The van der Waals surface area contributed by atoms with Crippen LogP contribution >= 0.6 is 0 Å². The first-order valence-electron chi connectivity index (χ1n) is 7.27. The molecule has 1 unspecified atom stereocenters. The van der Waals surface area contributed by atoms with Crippen molar-refractivity contribution in [3.8, 4) is 0 Å². The van der Waals surface area contributed by atoms with Gasteiger partial charge in [-0.25, -0.2) is 0 Å². The number of aliphatic hydroxyl groups is 1. The Balaban J connectivity index is 2.32. The lowest BCUT2D eigenvalue weighted by atomic mass is 10.1. The van der Waals surface area contributed by atoms with Gasteiger partial charge in [-0.05, 0) is 51.0 Å². The Hall–Kier alpha value is -1.80. The Morgan fingerprint density at radius 3 is 2.35 bits per heavy atom. The normalized spacial score (nSPS) is 13.4. The molecule has 1 N–H and O–H groups in total. The molecule has 2 nitrogen and oxygen atoms in total. The molecule has 0 amide bonds. The summed E-state index contributed by atoms with van der Waals surface area (Å²) in [7, 11) is 0. The Labute approximate surface area is 119 Å². The van der Waals surface area contributed by atoms with E-state index in [1.54, 1.807) is 0 Å². The predicted molar refractivity (Wildman–Crippen MR) is 85.2 cm³/mol. The minimum Gasteiger partial charge on any atom is -0.393 e. The van der Waals surface area contributed by atoms with Crippen molar-refractivity contribution in [1.29, 1.82) is 0 Å². The molecule has 0 aliphatic rings. The quantitative estimate of drug-likeness (QED) is 0.752. The van der Waals surface area contributed by atoms with Crippen molar-refractivity contribution in [3.05, 3.63) is 48.0 Å².